The predicted molar refractivity (Wildman–Crippen MR) is 32.6 cm³/mol. The highest BCUT2D eigenvalue weighted by atomic mass is 32.2. The molecule has 0 aliphatic carbocycles. The maximum Gasteiger partial charge on any atom is 0.0357 e. The molecule has 2 nitrogen and oxygen atoms in total. The molecule has 1 unspecified atom stereocenters. The first-order valence-corrected chi connectivity index (χ1v) is 3.85. The summed E-state index contributed by atoms with van der Waals surface area (Å²) in [6.07, 6.45) is 0. The molecule has 0 aromatic carbocycles. The second-order valence-electron chi connectivity index (χ2n) is 1.22. The summed E-state index contributed by atoms with van der Waals surface area (Å²) >= 11 is 0. The van der Waals surface area contributed by atoms with Crippen molar-refractivity contribution in [2.45, 2.75) is 6.92 Å². The van der Waals surface area contributed by atoms with E-state index in [2.05, 4.69) is 0 Å². The van der Waals surface area contributed by atoms with Crippen LogP contribution in [0.15, 0.2) is 0 Å². The van der Waals surface area contributed by atoms with E-state index in [0.717, 1.165) is 5.75 Å². The highest BCUT2D eigenvalue weighted by molar-refractivity contribution is 7.84. The van der Waals surface area contributed by atoms with E-state index in [1.54, 1.807) is 0 Å². The number of hydrogen-bond donors (Lipinski definition) is 1. The van der Waals surface area contributed by atoms with Crippen molar-refractivity contribution in [3.8, 4) is 0 Å². The highest BCUT2D eigenvalue weighted by Crippen LogP contribution is 1.75. The van der Waals surface area contributed by atoms with E-state index in [4.69, 9.17) is 5.73 Å². The molecule has 0 aromatic rings. The van der Waals surface area contributed by atoms with Crippen LogP contribution in [0.1, 0.15) is 6.92 Å². The Morgan fingerprint density at radius 3 is 2.43 bits per heavy atom. The molecule has 0 saturated carbocycles. The standard InChI is InChI=1S/C4H11NOS/c1-2-7(6)4-3-5/h2-5H2,1H3. The van der Waals surface area contributed by atoms with Gasteiger partial charge >= 0.3 is 0 Å². The van der Waals surface area contributed by atoms with E-state index >= 15 is 0 Å². The van der Waals surface area contributed by atoms with E-state index in [9.17, 15) is 4.21 Å². The van der Waals surface area contributed by atoms with Crippen LogP contribution < -0.4 is 5.73 Å². The first-order valence-electron chi connectivity index (χ1n) is 2.36. The molecule has 0 bridgehead atoms. The van der Waals surface area contributed by atoms with Gasteiger partial charge in [-0.1, -0.05) is 6.92 Å². The molecule has 0 fully saturated rings. The molecule has 0 radical (unpaired) electrons. The molecule has 1 atom stereocenters. The lowest BCUT2D eigenvalue weighted by Crippen LogP contribution is -2.10. The van der Waals surface area contributed by atoms with Crippen molar-refractivity contribution in [2.75, 3.05) is 18.1 Å². The van der Waals surface area contributed by atoms with Crippen LogP contribution in [-0.4, -0.2) is 22.3 Å². The quantitative estimate of drug-likeness (QED) is 0.557. The van der Waals surface area contributed by atoms with Gasteiger partial charge in [0.25, 0.3) is 0 Å². The fraction of sp³-hybridized carbons (Fsp3) is 1.00. The summed E-state index contributed by atoms with van der Waals surface area (Å²) < 4.78 is 10.4. The Labute approximate surface area is 46.5 Å². The Morgan fingerprint density at radius 1 is 1.71 bits per heavy atom. The smallest absolute Gasteiger partial charge is 0.0357 e. The van der Waals surface area contributed by atoms with Crippen LogP contribution >= 0.6 is 0 Å². The van der Waals surface area contributed by atoms with Crippen molar-refractivity contribution in [3.05, 3.63) is 0 Å². The Hall–Kier alpha value is 0.110. The van der Waals surface area contributed by atoms with Crippen molar-refractivity contribution in [1.29, 1.82) is 0 Å². The van der Waals surface area contributed by atoms with Crippen molar-refractivity contribution < 1.29 is 4.21 Å². The third kappa shape index (κ3) is 3.95. The zero-order chi connectivity index (χ0) is 5.70. The normalized spacial score (nSPS) is 14.0. The number of rotatable bonds is 3. The summed E-state index contributed by atoms with van der Waals surface area (Å²) in [5.74, 6) is 1.38. The van der Waals surface area contributed by atoms with Crippen LogP contribution in [0.25, 0.3) is 0 Å². The first kappa shape index (κ1) is 7.11. The monoisotopic (exact) mass is 121 g/mol. The van der Waals surface area contributed by atoms with Gasteiger partial charge < -0.3 is 5.73 Å². The Balaban J connectivity index is 3.00. The molecule has 0 aliphatic heterocycles. The Kier molecular flexibility index (Phi) is 4.34. The first-order chi connectivity index (χ1) is 3.31. The zero-order valence-corrected chi connectivity index (χ0v) is 5.33. The van der Waals surface area contributed by atoms with Crippen molar-refractivity contribution >= 4 is 10.8 Å². The summed E-state index contributed by atoms with van der Waals surface area (Å²) in [7, 11) is -0.652. The maximum absolute atomic E-state index is 10.4. The third-order valence-electron chi connectivity index (χ3n) is 0.667. The molecule has 0 saturated heterocycles. The van der Waals surface area contributed by atoms with E-state index in [1.807, 2.05) is 6.92 Å². The molecule has 0 aliphatic rings. The van der Waals surface area contributed by atoms with E-state index in [-0.39, 0.29) is 0 Å². The molecule has 0 amide bonds. The summed E-state index contributed by atoms with van der Waals surface area (Å²) in [5, 5.41) is 0. The molecule has 0 aromatic heterocycles. The van der Waals surface area contributed by atoms with Gasteiger partial charge in [-0.3, -0.25) is 4.21 Å². The minimum atomic E-state index is -0.652. The number of nitrogens with two attached hydrogens (primary N) is 1. The molecule has 0 heterocycles. The van der Waals surface area contributed by atoms with Gasteiger partial charge in [0.1, 0.15) is 0 Å². The minimum absolute atomic E-state index is 0.542. The Bertz CT molecular complexity index is 64.7. The molecule has 2 N–H and O–H groups in total. The lowest BCUT2D eigenvalue weighted by molar-refractivity contribution is 0.683. The zero-order valence-electron chi connectivity index (χ0n) is 4.52. The highest BCUT2D eigenvalue weighted by Gasteiger charge is 1.88. The fourth-order valence-corrected chi connectivity index (χ4v) is 0.827. The molecule has 44 valence electrons. The lowest BCUT2D eigenvalue weighted by atomic mass is 10.8. The van der Waals surface area contributed by atoms with Gasteiger partial charge in [-0.2, -0.15) is 0 Å². The average Bonchev–Trinajstić information content (AvgIpc) is 1.68. The summed E-state index contributed by atoms with van der Waals surface area (Å²) in [4.78, 5) is 0. The van der Waals surface area contributed by atoms with Crippen LogP contribution in [0.4, 0.5) is 0 Å². The summed E-state index contributed by atoms with van der Waals surface area (Å²) in [6, 6.07) is 0. The van der Waals surface area contributed by atoms with Gasteiger partial charge in [-0.15, -0.1) is 0 Å². The second kappa shape index (κ2) is 4.27. The van der Waals surface area contributed by atoms with E-state index in [0.29, 0.717) is 12.3 Å². The van der Waals surface area contributed by atoms with Gasteiger partial charge in [0, 0.05) is 28.9 Å². The second-order valence-corrected chi connectivity index (χ2v) is 3.09. The van der Waals surface area contributed by atoms with Crippen LogP contribution in [0.3, 0.4) is 0 Å². The molecule has 7 heavy (non-hydrogen) atoms. The molecule has 3 heteroatoms. The lowest BCUT2D eigenvalue weighted by Gasteiger charge is -1.89. The molecule has 0 rings (SSSR count). The van der Waals surface area contributed by atoms with Gasteiger partial charge in [-0.05, 0) is 0 Å². The van der Waals surface area contributed by atoms with Crippen LogP contribution in [0, 0.1) is 0 Å². The third-order valence-corrected chi connectivity index (χ3v) is 2.00. The summed E-state index contributed by atoms with van der Waals surface area (Å²) in [5.41, 5.74) is 5.11. The van der Waals surface area contributed by atoms with Gasteiger partial charge in [0.2, 0.25) is 0 Å². The van der Waals surface area contributed by atoms with Crippen molar-refractivity contribution in [1.82, 2.24) is 0 Å². The predicted octanol–water partition coefficient (Wildman–Crippen LogP) is -0.286. The molecular weight excluding hydrogens is 110 g/mol. The minimum Gasteiger partial charge on any atom is -0.330 e. The van der Waals surface area contributed by atoms with Crippen molar-refractivity contribution in [2.24, 2.45) is 5.73 Å². The van der Waals surface area contributed by atoms with Crippen LogP contribution in [0.2, 0.25) is 0 Å². The maximum atomic E-state index is 10.4. The van der Waals surface area contributed by atoms with Crippen molar-refractivity contribution in [3.63, 3.8) is 0 Å². The molecule has 0 spiro atoms. The summed E-state index contributed by atoms with van der Waals surface area (Å²) in [6.45, 7) is 2.44. The van der Waals surface area contributed by atoms with Crippen LogP contribution in [-0.2, 0) is 10.8 Å². The molecular formula is C4H11NOS. The largest absolute Gasteiger partial charge is 0.330 e. The fourth-order valence-electron chi connectivity index (χ4n) is 0.276. The average molecular weight is 121 g/mol. The van der Waals surface area contributed by atoms with Crippen LogP contribution in [0.5, 0.6) is 0 Å². The van der Waals surface area contributed by atoms with Gasteiger partial charge in [-0.25, -0.2) is 0 Å². The number of hydrogen-bond acceptors (Lipinski definition) is 2. The topological polar surface area (TPSA) is 43.1 Å². The van der Waals surface area contributed by atoms with E-state index < -0.39 is 10.8 Å². The van der Waals surface area contributed by atoms with Gasteiger partial charge in [0.15, 0.2) is 0 Å². The van der Waals surface area contributed by atoms with Gasteiger partial charge in [0.05, 0.1) is 0 Å². The Morgan fingerprint density at radius 2 is 2.29 bits per heavy atom. The SMILES string of the molecule is CCS(=O)CCN. The van der Waals surface area contributed by atoms with E-state index in [1.165, 1.54) is 0 Å².